The summed E-state index contributed by atoms with van der Waals surface area (Å²) < 4.78 is 15.6. The maximum absolute atomic E-state index is 14.1. The fraction of sp³-hybridized carbons (Fsp3) is 0.240. The third kappa shape index (κ3) is 5.22. The number of aromatic amines is 1. The number of nitrogens with zero attached hydrogens (tertiary/aromatic N) is 7. The zero-order valence-electron chi connectivity index (χ0n) is 20.7. The largest absolute Gasteiger partial charge is 0.366 e. The molecule has 1 aromatic carbocycles. The van der Waals surface area contributed by atoms with Crippen LogP contribution in [0.1, 0.15) is 36.2 Å². The first-order valence-electron chi connectivity index (χ1n) is 12.5. The van der Waals surface area contributed by atoms with Crippen LogP contribution in [0.25, 0.3) is 17.0 Å². The van der Waals surface area contributed by atoms with Crippen LogP contribution < -0.4 is 21.7 Å². The summed E-state index contributed by atoms with van der Waals surface area (Å²) >= 11 is 0. The minimum atomic E-state index is -0.642. The lowest BCUT2D eigenvalue weighted by atomic mass is 9.92. The van der Waals surface area contributed by atoms with E-state index in [0.29, 0.717) is 23.0 Å². The average Bonchev–Trinajstić information content (AvgIpc) is 3.63. The normalized spacial score (nSPS) is 17.2. The highest BCUT2D eigenvalue weighted by molar-refractivity contribution is 6.03. The molecular weight excluding hydrogens is 503 g/mol. The van der Waals surface area contributed by atoms with Gasteiger partial charge in [-0.3, -0.25) is 9.78 Å². The number of pyridine rings is 1. The van der Waals surface area contributed by atoms with E-state index in [1.807, 2.05) is 30.3 Å². The van der Waals surface area contributed by atoms with E-state index >= 15 is 0 Å². The highest BCUT2D eigenvalue weighted by Gasteiger charge is 2.22. The zero-order chi connectivity index (χ0) is 26.8. The molecule has 1 aliphatic carbocycles. The number of rotatable bonds is 7. The minimum absolute atomic E-state index is 0.0119. The van der Waals surface area contributed by atoms with Gasteiger partial charge in [-0.25, -0.2) is 13.9 Å². The molecule has 198 valence electrons. The summed E-state index contributed by atoms with van der Waals surface area (Å²) in [5.41, 5.74) is 8.86. The average molecular weight is 529 g/mol. The van der Waals surface area contributed by atoms with Crippen molar-refractivity contribution in [3.8, 4) is 11.4 Å². The van der Waals surface area contributed by atoms with Gasteiger partial charge in [0.25, 0.3) is 5.91 Å². The van der Waals surface area contributed by atoms with E-state index in [4.69, 9.17) is 5.73 Å². The van der Waals surface area contributed by atoms with Crippen molar-refractivity contribution in [2.45, 2.75) is 37.8 Å². The molecule has 0 spiro atoms. The Labute approximate surface area is 221 Å². The van der Waals surface area contributed by atoms with E-state index in [-0.39, 0.29) is 23.5 Å². The second kappa shape index (κ2) is 10.4. The lowest BCUT2D eigenvalue weighted by Crippen LogP contribution is -2.33. The van der Waals surface area contributed by atoms with E-state index < -0.39 is 11.7 Å². The monoisotopic (exact) mass is 528 g/mol. The summed E-state index contributed by atoms with van der Waals surface area (Å²) in [5, 5.41) is 28.1. The fourth-order valence-electron chi connectivity index (χ4n) is 4.56. The lowest BCUT2D eigenvalue weighted by molar-refractivity contribution is 0.102. The third-order valence-electron chi connectivity index (χ3n) is 6.61. The van der Waals surface area contributed by atoms with E-state index in [0.717, 1.165) is 43.1 Å². The van der Waals surface area contributed by atoms with Crippen LogP contribution in [-0.2, 0) is 0 Å². The van der Waals surface area contributed by atoms with Gasteiger partial charge in [0.15, 0.2) is 17.2 Å². The summed E-state index contributed by atoms with van der Waals surface area (Å²) in [6.07, 6.45) is 7.52. The fourth-order valence-corrected chi connectivity index (χ4v) is 4.56. The number of carbonyl (C=O) groups is 1. The zero-order valence-corrected chi connectivity index (χ0v) is 20.7. The van der Waals surface area contributed by atoms with Gasteiger partial charge in [0, 0.05) is 35.6 Å². The number of amides is 1. The molecular formula is C25H25FN12O. The SMILES string of the molecule is N[C@H]1CC[C@H](Nc2cc(Nc3ccc(-c4nn[nH]n4)cc3)c3ncc(C(=O)Nc4ccncc4F)n3n2)CC1. The number of H-pyrrole nitrogens is 1. The van der Waals surface area contributed by atoms with Gasteiger partial charge in [0.2, 0.25) is 5.82 Å². The summed E-state index contributed by atoms with van der Waals surface area (Å²) in [6.45, 7) is 0. The topological polar surface area (TPSA) is 177 Å². The van der Waals surface area contributed by atoms with Crippen molar-refractivity contribution >= 4 is 34.4 Å². The first-order chi connectivity index (χ1) is 19.0. The van der Waals surface area contributed by atoms with Gasteiger partial charge in [-0.2, -0.15) is 5.21 Å². The molecule has 0 aliphatic heterocycles. The summed E-state index contributed by atoms with van der Waals surface area (Å²) in [6, 6.07) is 11.1. The van der Waals surface area contributed by atoms with Gasteiger partial charge in [-0.05, 0) is 61.2 Å². The maximum atomic E-state index is 14.1. The first kappa shape index (κ1) is 24.4. The molecule has 5 aromatic rings. The number of hydrogen-bond donors (Lipinski definition) is 5. The van der Waals surface area contributed by atoms with Crippen molar-refractivity contribution < 1.29 is 9.18 Å². The van der Waals surface area contributed by atoms with Crippen LogP contribution in [0.15, 0.2) is 55.0 Å². The lowest BCUT2D eigenvalue weighted by Gasteiger charge is -2.27. The molecule has 1 amide bonds. The molecule has 0 bridgehead atoms. The predicted molar refractivity (Wildman–Crippen MR) is 142 cm³/mol. The van der Waals surface area contributed by atoms with Gasteiger partial charge in [0.1, 0.15) is 5.82 Å². The number of anilines is 4. The van der Waals surface area contributed by atoms with Crippen LogP contribution in [-0.4, -0.2) is 58.2 Å². The van der Waals surface area contributed by atoms with Crippen molar-refractivity contribution in [2.24, 2.45) is 5.73 Å². The molecule has 1 fully saturated rings. The number of halogens is 1. The van der Waals surface area contributed by atoms with Gasteiger partial charge in [-0.15, -0.1) is 15.3 Å². The maximum Gasteiger partial charge on any atom is 0.276 e. The van der Waals surface area contributed by atoms with Gasteiger partial charge in [-0.1, -0.05) is 0 Å². The standard InChI is InChI=1S/C25H25FN12O/c26-18-12-28-10-9-19(18)32-25(39)21-13-29-24-20(30-16-5-1-14(2-6-16)23-33-36-37-34-23)11-22(35-38(21)24)31-17-7-3-15(27)4-8-17/h1-2,5-6,9-13,15,17,30H,3-4,7-8,27H2,(H,31,35)(H,28,32,39)(H,33,34,36,37)/t15-,17-. The van der Waals surface area contributed by atoms with Crippen LogP contribution >= 0.6 is 0 Å². The molecule has 0 radical (unpaired) electrons. The number of nitrogens with two attached hydrogens (primary N) is 1. The van der Waals surface area contributed by atoms with E-state index in [1.165, 1.54) is 23.0 Å². The number of aromatic nitrogens is 8. The molecule has 1 aliphatic rings. The number of carbonyl (C=O) groups excluding carboxylic acids is 1. The second-order valence-electron chi connectivity index (χ2n) is 9.33. The Bertz CT molecular complexity index is 1590. The van der Waals surface area contributed by atoms with Crippen molar-refractivity contribution in [1.29, 1.82) is 0 Å². The Kier molecular flexibility index (Phi) is 6.50. The number of nitrogens with one attached hydrogen (secondary N) is 4. The molecule has 0 atom stereocenters. The van der Waals surface area contributed by atoms with Crippen LogP contribution in [0.2, 0.25) is 0 Å². The van der Waals surface area contributed by atoms with Crippen molar-refractivity contribution in [3.05, 3.63) is 66.5 Å². The predicted octanol–water partition coefficient (Wildman–Crippen LogP) is 3.12. The van der Waals surface area contributed by atoms with Crippen molar-refractivity contribution in [3.63, 3.8) is 0 Å². The molecule has 4 heterocycles. The highest BCUT2D eigenvalue weighted by Crippen LogP contribution is 2.28. The number of hydrogen-bond acceptors (Lipinski definition) is 10. The molecule has 13 nitrogen and oxygen atoms in total. The van der Waals surface area contributed by atoms with E-state index in [2.05, 4.69) is 51.6 Å². The number of fused-ring (bicyclic) bond motifs is 1. The van der Waals surface area contributed by atoms with Crippen LogP contribution in [0.5, 0.6) is 0 Å². The number of tetrazole rings is 1. The van der Waals surface area contributed by atoms with Crippen molar-refractivity contribution in [2.75, 3.05) is 16.0 Å². The van der Waals surface area contributed by atoms with Gasteiger partial charge < -0.3 is 21.7 Å². The molecule has 6 N–H and O–H groups in total. The summed E-state index contributed by atoms with van der Waals surface area (Å²) in [5.74, 6) is -0.148. The Hall–Kier alpha value is -4.98. The van der Waals surface area contributed by atoms with Gasteiger partial charge >= 0.3 is 0 Å². The van der Waals surface area contributed by atoms with Crippen LogP contribution in [0, 0.1) is 5.82 Å². The van der Waals surface area contributed by atoms with Crippen molar-refractivity contribution in [1.82, 2.24) is 40.2 Å². The molecule has 39 heavy (non-hydrogen) atoms. The van der Waals surface area contributed by atoms with E-state index in [9.17, 15) is 9.18 Å². The highest BCUT2D eigenvalue weighted by atomic mass is 19.1. The smallest absolute Gasteiger partial charge is 0.276 e. The minimum Gasteiger partial charge on any atom is -0.366 e. The third-order valence-corrected chi connectivity index (χ3v) is 6.61. The number of benzene rings is 1. The Balaban J connectivity index is 1.33. The van der Waals surface area contributed by atoms with Crippen LogP contribution in [0.3, 0.4) is 0 Å². The summed E-state index contributed by atoms with van der Waals surface area (Å²) in [4.78, 5) is 21.3. The van der Waals surface area contributed by atoms with Crippen LogP contribution in [0.4, 0.5) is 27.3 Å². The Morgan fingerprint density at radius 1 is 1.08 bits per heavy atom. The Morgan fingerprint density at radius 3 is 2.64 bits per heavy atom. The number of imidazole rings is 1. The second-order valence-corrected chi connectivity index (χ2v) is 9.33. The Morgan fingerprint density at radius 2 is 1.90 bits per heavy atom. The van der Waals surface area contributed by atoms with E-state index in [1.54, 1.807) is 0 Å². The molecule has 0 saturated heterocycles. The molecule has 4 aromatic heterocycles. The molecule has 1 saturated carbocycles. The molecule has 6 rings (SSSR count). The molecule has 14 heteroatoms. The first-order valence-corrected chi connectivity index (χ1v) is 12.5. The quantitative estimate of drug-likeness (QED) is 0.211. The summed E-state index contributed by atoms with van der Waals surface area (Å²) in [7, 11) is 0. The molecule has 0 unspecified atom stereocenters. The van der Waals surface area contributed by atoms with Gasteiger partial charge in [0.05, 0.1) is 23.8 Å².